The van der Waals surface area contributed by atoms with Crippen LogP contribution in [0.4, 0.5) is 5.69 Å². The van der Waals surface area contributed by atoms with Gasteiger partial charge in [0.25, 0.3) is 0 Å². The van der Waals surface area contributed by atoms with Gasteiger partial charge < -0.3 is 9.84 Å². The van der Waals surface area contributed by atoms with Gasteiger partial charge in [-0.15, -0.1) is 0 Å². The van der Waals surface area contributed by atoms with Gasteiger partial charge in [-0.25, -0.2) is 0 Å². The first kappa shape index (κ1) is 19.2. The minimum atomic E-state index is -3.95. The lowest BCUT2D eigenvalue weighted by atomic mass is 10.2. The molecule has 2 aromatic carbocycles. The maximum Gasteiger partial charge on any atom is 0.321 e. The highest BCUT2D eigenvalue weighted by molar-refractivity contribution is 7.90. The number of ether oxygens (including phenoxy) is 1. The number of phenolic OH excluding ortho intramolecular Hbond substituents is 1. The lowest BCUT2D eigenvalue weighted by Gasteiger charge is -2.28. The largest absolute Gasteiger partial charge is 0.508 e. The van der Waals surface area contributed by atoms with Crippen LogP contribution in [-0.2, 0) is 32.7 Å². The number of hydrogen-bond acceptors (Lipinski definition) is 5. The van der Waals surface area contributed by atoms with E-state index in [4.69, 9.17) is 4.74 Å². The Balaban J connectivity index is 1.92. The summed E-state index contributed by atoms with van der Waals surface area (Å²) in [7, 11) is -3.95. The van der Waals surface area contributed by atoms with Gasteiger partial charge in [-0.1, -0.05) is 30.3 Å². The summed E-state index contributed by atoms with van der Waals surface area (Å²) in [6.45, 7) is 1.72. The number of phenols is 1. The number of benzene rings is 2. The van der Waals surface area contributed by atoms with Crippen molar-refractivity contribution >= 4 is 21.9 Å². The zero-order chi connectivity index (χ0) is 19.4. The quantitative estimate of drug-likeness (QED) is 0.732. The molecule has 27 heavy (non-hydrogen) atoms. The Hall–Kier alpha value is -2.58. The zero-order valence-electron chi connectivity index (χ0n) is 15.0. The Morgan fingerprint density at radius 2 is 2.00 bits per heavy atom. The van der Waals surface area contributed by atoms with E-state index in [0.29, 0.717) is 24.2 Å². The third-order valence-corrected chi connectivity index (χ3v) is 6.18. The fourth-order valence-electron chi connectivity index (χ4n) is 3.12. The van der Waals surface area contributed by atoms with Gasteiger partial charge in [-0.2, -0.15) is 12.7 Å². The molecule has 2 aromatic rings. The van der Waals surface area contributed by atoms with Crippen molar-refractivity contribution in [3.05, 3.63) is 59.7 Å². The van der Waals surface area contributed by atoms with Crippen molar-refractivity contribution in [2.75, 3.05) is 24.0 Å². The summed E-state index contributed by atoms with van der Waals surface area (Å²) in [6, 6.07) is 13.6. The number of fused-ring (bicyclic) bond motifs is 1. The van der Waals surface area contributed by atoms with Crippen LogP contribution in [0, 0.1) is 0 Å². The van der Waals surface area contributed by atoms with E-state index in [1.165, 1.54) is 16.4 Å². The van der Waals surface area contributed by atoms with Crippen LogP contribution in [0.15, 0.2) is 48.5 Å². The molecule has 0 radical (unpaired) electrons. The number of aromatic hydroxyl groups is 1. The molecular weight excluding hydrogens is 368 g/mol. The van der Waals surface area contributed by atoms with Gasteiger partial charge in [0.05, 0.1) is 12.3 Å². The van der Waals surface area contributed by atoms with E-state index in [2.05, 4.69) is 0 Å². The number of rotatable bonds is 7. The van der Waals surface area contributed by atoms with Crippen LogP contribution in [0.1, 0.15) is 18.1 Å². The Kier molecular flexibility index (Phi) is 5.67. The van der Waals surface area contributed by atoms with E-state index in [1.807, 2.05) is 12.1 Å². The van der Waals surface area contributed by atoms with E-state index in [-0.39, 0.29) is 18.9 Å². The molecule has 0 saturated carbocycles. The average molecular weight is 390 g/mol. The fraction of sp³-hybridized carbons (Fsp3) is 0.316. The molecule has 0 spiro atoms. The van der Waals surface area contributed by atoms with E-state index in [9.17, 15) is 18.3 Å². The highest BCUT2D eigenvalue weighted by Gasteiger charge is 2.35. The van der Waals surface area contributed by atoms with E-state index in [1.54, 1.807) is 31.2 Å². The summed E-state index contributed by atoms with van der Waals surface area (Å²) in [5.41, 5.74) is 2.16. The topological polar surface area (TPSA) is 87.1 Å². The number of carbonyl (C=O) groups is 1. The summed E-state index contributed by atoms with van der Waals surface area (Å²) in [4.78, 5) is 12.0. The SMILES string of the molecule is CCOC(=O)CN(Cc1cccc(O)c1)S(=O)(=O)N1CCc2ccccc21. The number of para-hydroxylation sites is 1. The number of esters is 1. The van der Waals surface area contributed by atoms with Gasteiger partial charge in [0.1, 0.15) is 12.3 Å². The smallest absolute Gasteiger partial charge is 0.321 e. The van der Waals surface area contributed by atoms with E-state index in [0.717, 1.165) is 9.87 Å². The van der Waals surface area contributed by atoms with E-state index < -0.39 is 22.7 Å². The molecule has 1 N–H and O–H groups in total. The van der Waals surface area contributed by atoms with Crippen LogP contribution in [0.25, 0.3) is 0 Å². The van der Waals surface area contributed by atoms with Crippen LogP contribution in [0.2, 0.25) is 0 Å². The molecule has 1 aliphatic rings. The Morgan fingerprint density at radius 3 is 2.74 bits per heavy atom. The first-order valence-electron chi connectivity index (χ1n) is 8.71. The second kappa shape index (κ2) is 7.98. The third-order valence-electron chi connectivity index (χ3n) is 4.33. The molecule has 0 aliphatic carbocycles. The average Bonchev–Trinajstić information content (AvgIpc) is 3.06. The monoisotopic (exact) mass is 390 g/mol. The van der Waals surface area contributed by atoms with E-state index >= 15 is 0 Å². The predicted octanol–water partition coefficient (Wildman–Crippen LogP) is 2.06. The van der Waals surface area contributed by atoms with Crippen molar-refractivity contribution in [3.63, 3.8) is 0 Å². The minimum Gasteiger partial charge on any atom is -0.508 e. The summed E-state index contributed by atoms with van der Waals surface area (Å²) >= 11 is 0. The number of carbonyl (C=O) groups excluding carboxylic acids is 1. The van der Waals surface area contributed by atoms with Gasteiger partial charge in [-0.05, 0) is 42.7 Å². The summed E-state index contributed by atoms with van der Waals surface area (Å²) in [5.74, 6) is -0.582. The minimum absolute atomic E-state index is 0.0347. The second-order valence-corrected chi connectivity index (χ2v) is 8.05. The molecule has 0 unspecified atom stereocenters. The molecule has 0 bridgehead atoms. The molecule has 0 atom stereocenters. The van der Waals surface area contributed by atoms with Crippen LogP contribution >= 0.6 is 0 Å². The first-order valence-corrected chi connectivity index (χ1v) is 10.1. The highest BCUT2D eigenvalue weighted by Crippen LogP contribution is 2.31. The maximum atomic E-state index is 13.3. The second-order valence-electron chi connectivity index (χ2n) is 6.20. The third kappa shape index (κ3) is 4.23. The molecule has 7 nitrogen and oxygen atoms in total. The molecule has 1 heterocycles. The molecule has 0 saturated heterocycles. The van der Waals surface area contributed by atoms with Crippen molar-refractivity contribution in [3.8, 4) is 5.75 Å². The van der Waals surface area contributed by atoms with Crippen molar-refractivity contribution < 1.29 is 23.1 Å². The van der Waals surface area contributed by atoms with Crippen molar-refractivity contribution in [1.82, 2.24) is 4.31 Å². The normalized spacial score (nSPS) is 13.6. The zero-order valence-corrected chi connectivity index (χ0v) is 15.9. The Labute approximate surface area is 159 Å². The molecule has 0 amide bonds. The molecule has 0 aromatic heterocycles. The van der Waals surface area contributed by atoms with Gasteiger partial charge in [0.15, 0.2) is 0 Å². The number of hydrogen-bond donors (Lipinski definition) is 1. The summed E-state index contributed by atoms with van der Waals surface area (Å²) < 4.78 is 34.0. The molecule has 3 rings (SSSR count). The van der Waals surface area contributed by atoms with Crippen LogP contribution < -0.4 is 4.31 Å². The molecule has 8 heteroatoms. The molecular formula is C19H22N2O5S. The van der Waals surface area contributed by atoms with Gasteiger partial charge in [0.2, 0.25) is 0 Å². The maximum absolute atomic E-state index is 13.3. The Morgan fingerprint density at radius 1 is 1.22 bits per heavy atom. The summed E-state index contributed by atoms with van der Waals surface area (Å²) in [6.07, 6.45) is 0.620. The van der Waals surface area contributed by atoms with Crippen molar-refractivity contribution in [2.45, 2.75) is 19.9 Å². The standard InChI is InChI=1S/C19H22N2O5S/c1-2-26-19(23)14-20(13-15-6-5-8-17(22)12-15)27(24,25)21-11-10-16-7-3-4-9-18(16)21/h3-9,12,22H,2,10-11,13-14H2,1H3. The lowest BCUT2D eigenvalue weighted by Crippen LogP contribution is -2.45. The van der Waals surface area contributed by atoms with Crippen molar-refractivity contribution in [1.29, 1.82) is 0 Å². The number of nitrogens with zero attached hydrogens (tertiary/aromatic N) is 2. The van der Waals surface area contributed by atoms with Crippen LogP contribution in [-0.4, -0.2) is 43.5 Å². The van der Waals surface area contributed by atoms with Gasteiger partial charge >= 0.3 is 16.2 Å². The molecule has 1 aliphatic heterocycles. The summed E-state index contributed by atoms with van der Waals surface area (Å²) in [5, 5.41) is 9.67. The lowest BCUT2D eigenvalue weighted by molar-refractivity contribution is -0.143. The highest BCUT2D eigenvalue weighted by atomic mass is 32.2. The fourth-order valence-corrected chi connectivity index (χ4v) is 4.72. The van der Waals surface area contributed by atoms with Gasteiger partial charge in [-0.3, -0.25) is 9.10 Å². The first-order chi connectivity index (χ1) is 12.9. The number of anilines is 1. The van der Waals surface area contributed by atoms with Crippen molar-refractivity contribution in [2.24, 2.45) is 0 Å². The van der Waals surface area contributed by atoms with Gasteiger partial charge in [0, 0.05) is 13.1 Å². The Bertz CT molecular complexity index is 929. The van der Waals surface area contributed by atoms with Crippen LogP contribution in [0.5, 0.6) is 5.75 Å². The molecule has 0 fully saturated rings. The molecule has 144 valence electrons. The predicted molar refractivity (Wildman–Crippen MR) is 102 cm³/mol. The van der Waals surface area contributed by atoms with Crippen LogP contribution in [0.3, 0.4) is 0 Å².